The third-order valence-corrected chi connectivity index (χ3v) is 4.56. The van der Waals surface area contributed by atoms with Gasteiger partial charge in [0.05, 0.1) is 20.2 Å². The third kappa shape index (κ3) is 3.67. The standard InChI is InChI=1S/C17H22N4O4/c1-19-10-14(18-17(19)24)16(23)21-8-7-20(15(22)11-21)9-12-3-5-13(25-2)6-4-12/h3-6,14H,7-11H2,1-2H3,(H,18,24)/t14-/m0/s1. The van der Waals surface area contributed by atoms with E-state index >= 15 is 0 Å². The molecule has 0 bridgehead atoms. The van der Waals surface area contributed by atoms with Crippen LogP contribution in [0.4, 0.5) is 4.79 Å². The van der Waals surface area contributed by atoms with Gasteiger partial charge in [0.15, 0.2) is 0 Å². The number of ether oxygens (including phenoxy) is 1. The number of amides is 4. The van der Waals surface area contributed by atoms with Gasteiger partial charge in [0.1, 0.15) is 11.8 Å². The molecule has 3 rings (SSSR count). The number of nitrogens with one attached hydrogen (secondary N) is 1. The number of carbonyl (C=O) groups excluding carboxylic acids is 3. The number of piperazine rings is 1. The minimum absolute atomic E-state index is 0.0467. The van der Waals surface area contributed by atoms with E-state index in [9.17, 15) is 14.4 Å². The topological polar surface area (TPSA) is 82.2 Å². The summed E-state index contributed by atoms with van der Waals surface area (Å²) in [5, 5.41) is 2.64. The molecule has 2 saturated heterocycles. The van der Waals surface area contributed by atoms with Crippen molar-refractivity contribution in [2.24, 2.45) is 0 Å². The van der Waals surface area contributed by atoms with Crippen LogP contribution in [0.1, 0.15) is 5.56 Å². The molecular formula is C17H22N4O4. The molecule has 1 atom stereocenters. The van der Waals surface area contributed by atoms with Crippen LogP contribution in [-0.4, -0.2) is 78.9 Å². The zero-order chi connectivity index (χ0) is 18.0. The molecule has 0 spiro atoms. The lowest BCUT2D eigenvalue weighted by Crippen LogP contribution is -2.55. The third-order valence-electron chi connectivity index (χ3n) is 4.56. The number of benzene rings is 1. The predicted molar refractivity (Wildman–Crippen MR) is 89.9 cm³/mol. The summed E-state index contributed by atoms with van der Waals surface area (Å²) in [6.45, 7) is 1.83. The highest BCUT2D eigenvalue weighted by atomic mass is 16.5. The molecule has 8 heteroatoms. The van der Waals surface area contributed by atoms with E-state index in [1.165, 1.54) is 9.80 Å². The van der Waals surface area contributed by atoms with Crippen LogP contribution in [0.15, 0.2) is 24.3 Å². The van der Waals surface area contributed by atoms with Crippen LogP contribution in [0.25, 0.3) is 0 Å². The highest BCUT2D eigenvalue weighted by molar-refractivity contribution is 5.93. The molecule has 1 aromatic rings. The monoisotopic (exact) mass is 346 g/mol. The van der Waals surface area contributed by atoms with E-state index < -0.39 is 6.04 Å². The number of urea groups is 1. The van der Waals surface area contributed by atoms with E-state index in [-0.39, 0.29) is 24.4 Å². The van der Waals surface area contributed by atoms with Crippen LogP contribution in [-0.2, 0) is 16.1 Å². The lowest BCUT2D eigenvalue weighted by atomic mass is 10.1. The number of likely N-dealkylation sites (N-methyl/N-ethyl adjacent to an activating group) is 1. The fraction of sp³-hybridized carbons (Fsp3) is 0.471. The molecule has 134 valence electrons. The average molecular weight is 346 g/mol. The Kier molecular flexibility index (Phi) is 4.78. The van der Waals surface area contributed by atoms with Gasteiger partial charge in [0.25, 0.3) is 0 Å². The van der Waals surface area contributed by atoms with Gasteiger partial charge in [-0.05, 0) is 17.7 Å². The molecule has 8 nitrogen and oxygen atoms in total. The van der Waals surface area contributed by atoms with Crippen LogP contribution in [0.5, 0.6) is 5.75 Å². The Morgan fingerprint density at radius 2 is 1.96 bits per heavy atom. The fourth-order valence-corrected chi connectivity index (χ4v) is 3.04. The molecule has 2 fully saturated rings. The van der Waals surface area contributed by atoms with Crippen LogP contribution in [0, 0.1) is 0 Å². The second-order valence-electron chi connectivity index (χ2n) is 6.31. The molecule has 0 aromatic heterocycles. The Bertz CT molecular complexity index is 676. The normalized spacial score (nSPS) is 20.7. The Labute approximate surface area is 146 Å². The predicted octanol–water partition coefficient (Wildman–Crippen LogP) is -0.110. The fourth-order valence-electron chi connectivity index (χ4n) is 3.04. The SMILES string of the molecule is COc1ccc(CN2CCN(C(=O)[C@@H]3CN(C)C(=O)N3)CC2=O)cc1. The Morgan fingerprint density at radius 1 is 1.24 bits per heavy atom. The first-order valence-corrected chi connectivity index (χ1v) is 8.19. The molecular weight excluding hydrogens is 324 g/mol. The highest BCUT2D eigenvalue weighted by Crippen LogP contribution is 2.15. The largest absolute Gasteiger partial charge is 0.497 e. The van der Waals surface area contributed by atoms with E-state index in [4.69, 9.17) is 4.74 Å². The average Bonchev–Trinajstić information content (AvgIpc) is 2.95. The van der Waals surface area contributed by atoms with Gasteiger partial charge in [-0.2, -0.15) is 0 Å². The van der Waals surface area contributed by atoms with Crippen molar-refractivity contribution in [1.82, 2.24) is 20.0 Å². The number of nitrogens with zero attached hydrogens (tertiary/aromatic N) is 3. The molecule has 0 saturated carbocycles. The van der Waals surface area contributed by atoms with Gasteiger partial charge in [0.2, 0.25) is 11.8 Å². The first-order valence-electron chi connectivity index (χ1n) is 8.19. The second kappa shape index (κ2) is 7.00. The molecule has 0 aliphatic carbocycles. The zero-order valence-corrected chi connectivity index (χ0v) is 14.4. The van der Waals surface area contributed by atoms with Crippen LogP contribution in [0.3, 0.4) is 0 Å². The van der Waals surface area contributed by atoms with Crippen molar-refractivity contribution in [3.63, 3.8) is 0 Å². The van der Waals surface area contributed by atoms with Gasteiger partial charge >= 0.3 is 6.03 Å². The number of carbonyl (C=O) groups is 3. The van der Waals surface area contributed by atoms with Crippen molar-refractivity contribution in [3.05, 3.63) is 29.8 Å². The van der Waals surface area contributed by atoms with E-state index in [0.717, 1.165) is 11.3 Å². The molecule has 2 aliphatic heterocycles. The molecule has 0 radical (unpaired) electrons. The summed E-state index contributed by atoms with van der Waals surface area (Å²) >= 11 is 0. The number of hydrogen-bond donors (Lipinski definition) is 1. The minimum atomic E-state index is -0.571. The zero-order valence-electron chi connectivity index (χ0n) is 14.4. The van der Waals surface area contributed by atoms with Gasteiger partial charge in [-0.3, -0.25) is 9.59 Å². The van der Waals surface area contributed by atoms with Crippen molar-refractivity contribution in [3.8, 4) is 5.75 Å². The second-order valence-corrected chi connectivity index (χ2v) is 6.31. The van der Waals surface area contributed by atoms with Crippen LogP contribution >= 0.6 is 0 Å². The summed E-state index contributed by atoms with van der Waals surface area (Å²) in [5.74, 6) is 0.484. The molecule has 1 aromatic carbocycles. The first kappa shape index (κ1) is 17.1. The quantitative estimate of drug-likeness (QED) is 0.825. The van der Waals surface area contributed by atoms with Crippen molar-refractivity contribution >= 4 is 17.8 Å². The van der Waals surface area contributed by atoms with Crippen molar-refractivity contribution in [2.75, 3.05) is 40.3 Å². The maximum absolute atomic E-state index is 12.5. The Balaban J connectivity index is 1.56. The maximum atomic E-state index is 12.5. The summed E-state index contributed by atoms with van der Waals surface area (Å²) in [4.78, 5) is 41.1. The van der Waals surface area contributed by atoms with Crippen molar-refractivity contribution < 1.29 is 19.1 Å². The van der Waals surface area contributed by atoms with Gasteiger partial charge < -0.3 is 24.8 Å². The summed E-state index contributed by atoms with van der Waals surface area (Å²) in [6.07, 6.45) is 0. The highest BCUT2D eigenvalue weighted by Gasteiger charge is 2.36. The van der Waals surface area contributed by atoms with E-state index in [1.54, 1.807) is 19.1 Å². The molecule has 2 aliphatic rings. The maximum Gasteiger partial charge on any atom is 0.317 e. The number of rotatable bonds is 4. The van der Waals surface area contributed by atoms with Crippen molar-refractivity contribution in [1.29, 1.82) is 0 Å². The first-order chi connectivity index (χ1) is 12.0. The molecule has 25 heavy (non-hydrogen) atoms. The minimum Gasteiger partial charge on any atom is -0.497 e. The van der Waals surface area contributed by atoms with E-state index in [2.05, 4.69) is 5.32 Å². The number of hydrogen-bond acceptors (Lipinski definition) is 4. The van der Waals surface area contributed by atoms with Crippen LogP contribution in [0.2, 0.25) is 0 Å². The van der Waals surface area contributed by atoms with Crippen LogP contribution < -0.4 is 10.1 Å². The molecule has 0 unspecified atom stereocenters. The lowest BCUT2D eigenvalue weighted by Gasteiger charge is -2.35. The molecule has 4 amide bonds. The van der Waals surface area contributed by atoms with Gasteiger partial charge in [-0.15, -0.1) is 0 Å². The lowest BCUT2D eigenvalue weighted by molar-refractivity contribution is -0.146. The van der Waals surface area contributed by atoms with E-state index in [0.29, 0.717) is 26.2 Å². The molecule has 2 heterocycles. The van der Waals surface area contributed by atoms with Gasteiger partial charge in [-0.25, -0.2) is 4.79 Å². The Morgan fingerprint density at radius 3 is 2.52 bits per heavy atom. The van der Waals surface area contributed by atoms with Gasteiger partial charge in [-0.1, -0.05) is 12.1 Å². The smallest absolute Gasteiger partial charge is 0.317 e. The van der Waals surface area contributed by atoms with E-state index in [1.807, 2.05) is 24.3 Å². The summed E-state index contributed by atoms with van der Waals surface area (Å²) in [7, 11) is 3.25. The molecule has 1 N–H and O–H groups in total. The summed E-state index contributed by atoms with van der Waals surface area (Å²) < 4.78 is 5.13. The number of methoxy groups -OCH3 is 1. The Hall–Kier alpha value is -2.77. The summed E-state index contributed by atoms with van der Waals surface area (Å²) in [5.41, 5.74) is 1.01. The van der Waals surface area contributed by atoms with Gasteiger partial charge in [0, 0.05) is 26.7 Å². The summed E-state index contributed by atoms with van der Waals surface area (Å²) in [6, 6.07) is 6.74. The van der Waals surface area contributed by atoms with Crippen molar-refractivity contribution in [2.45, 2.75) is 12.6 Å².